The number of furan rings is 1. The number of nitrogens with two attached hydrogens (primary N) is 1. The van der Waals surface area contributed by atoms with Crippen LogP contribution in [0.25, 0.3) is 11.0 Å². The fourth-order valence-electron chi connectivity index (χ4n) is 2.57. The number of hydrogen-bond donors (Lipinski definition) is 2. The molecule has 0 spiro atoms. The van der Waals surface area contributed by atoms with E-state index < -0.39 is 6.10 Å². The molecule has 0 saturated carbocycles. The molecule has 0 saturated heterocycles. The lowest BCUT2D eigenvalue weighted by atomic mass is 9.90. The molecule has 0 radical (unpaired) electrons. The molecule has 3 N–H and O–H groups in total. The van der Waals surface area contributed by atoms with Gasteiger partial charge in [0, 0.05) is 16.9 Å². The van der Waals surface area contributed by atoms with Crippen LogP contribution in [0.5, 0.6) is 0 Å². The van der Waals surface area contributed by atoms with Gasteiger partial charge < -0.3 is 15.3 Å². The Morgan fingerprint density at radius 1 is 1.33 bits per heavy atom. The summed E-state index contributed by atoms with van der Waals surface area (Å²) in [6.07, 6.45) is 1.41. The Labute approximate surface area is 108 Å². The summed E-state index contributed by atoms with van der Waals surface area (Å²) in [7, 11) is 0. The summed E-state index contributed by atoms with van der Waals surface area (Å²) in [4.78, 5) is 0. The van der Waals surface area contributed by atoms with Crippen LogP contribution in [0.2, 0.25) is 0 Å². The molecule has 0 fully saturated rings. The van der Waals surface area contributed by atoms with Crippen LogP contribution in [0.1, 0.15) is 37.2 Å². The Morgan fingerprint density at radius 2 is 2.06 bits per heavy atom. The third kappa shape index (κ3) is 2.28. The molecule has 98 valence electrons. The first-order valence-electron chi connectivity index (χ1n) is 6.55. The first-order valence-corrected chi connectivity index (χ1v) is 6.55. The van der Waals surface area contributed by atoms with Crippen molar-refractivity contribution in [3.63, 3.8) is 0 Å². The SMILES string of the molecule is CCCC(CN)C(O)c1c(C)oc2ccccc12. The van der Waals surface area contributed by atoms with E-state index in [0.717, 1.165) is 35.1 Å². The van der Waals surface area contributed by atoms with Crippen molar-refractivity contribution < 1.29 is 9.52 Å². The van der Waals surface area contributed by atoms with Gasteiger partial charge in [0.25, 0.3) is 0 Å². The molecular formula is C15H21NO2. The first-order chi connectivity index (χ1) is 8.69. The van der Waals surface area contributed by atoms with Gasteiger partial charge in [-0.3, -0.25) is 0 Å². The van der Waals surface area contributed by atoms with Crippen molar-refractivity contribution in [1.82, 2.24) is 0 Å². The predicted molar refractivity (Wildman–Crippen MR) is 73.4 cm³/mol. The van der Waals surface area contributed by atoms with E-state index in [0.29, 0.717) is 6.54 Å². The van der Waals surface area contributed by atoms with Crippen LogP contribution in [0.15, 0.2) is 28.7 Å². The Morgan fingerprint density at radius 3 is 2.72 bits per heavy atom. The first kappa shape index (κ1) is 13.1. The van der Waals surface area contributed by atoms with E-state index in [1.807, 2.05) is 31.2 Å². The number of benzene rings is 1. The van der Waals surface area contributed by atoms with Crippen molar-refractivity contribution in [3.8, 4) is 0 Å². The van der Waals surface area contributed by atoms with Crippen LogP contribution in [-0.2, 0) is 0 Å². The maximum absolute atomic E-state index is 10.5. The van der Waals surface area contributed by atoms with Crippen molar-refractivity contribution >= 4 is 11.0 Å². The smallest absolute Gasteiger partial charge is 0.134 e. The second-order valence-corrected chi connectivity index (χ2v) is 4.80. The van der Waals surface area contributed by atoms with Crippen LogP contribution in [0.4, 0.5) is 0 Å². The van der Waals surface area contributed by atoms with Gasteiger partial charge >= 0.3 is 0 Å². The molecule has 3 heteroatoms. The van der Waals surface area contributed by atoms with Gasteiger partial charge in [0.05, 0.1) is 6.10 Å². The molecule has 0 bridgehead atoms. The lowest BCUT2D eigenvalue weighted by Crippen LogP contribution is -2.22. The molecular weight excluding hydrogens is 226 g/mol. The van der Waals surface area contributed by atoms with E-state index in [2.05, 4.69) is 6.92 Å². The van der Waals surface area contributed by atoms with Gasteiger partial charge in [-0.25, -0.2) is 0 Å². The number of aryl methyl sites for hydroxylation is 1. The summed E-state index contributed by atoms with van der Waals surface area (Å²) in [5.41, 5.74) is 7.50. The van der Waals surface area contributed by atoms with E-state index in [1.165, 1.54) is 0 Å². The number of para-hydroxylation sites is 1. The highest BCUT2D eigenvalue weighted by Gasteiger charge is 2.24. The zero-order valence-corrected chi connectivity index (χ0v) is 11.0. The number of fused-ring (bicyclic) bond motifs is 1. The molecule has 1 aromatic heterocycles. The average molecular weight is 247 g/mol. The molecule has 1 aromatic carbocycles. The van der Waals surface area contributed by atoms with Gasteiger partial charge in [-0.2, -0.15) is 0 Å². The topological polar surface area (TPSA) is 59.4 Å². The Hall–Kier alpha value is -1.32. The lowest BCUT2D eigenvalue weighted by molar-refractivity contribution is 0.106. The Balaban J connectivity index is 2.43. The molecule has 2 unspecified atom stereocenters. The van der Waals surface area contributed by atoms with Gasteiger partial charge in [-0.1, -0.05) is 31.5 Å². The minimum Gasteiger partial charge on any atom is -0.461 e. The van der Waals surface area contributed by atoms with Crippen LogP contribution < -0.4 is 5.73 Å². The Bertz CT molecular complexity index is 518. The van der Waals surface area contributed by atoms with Crippen molar-refractivity contribution in [2.45, 2.75) is 32.8 Å². The maximum atomic E-state index is 10.5. The highest BCUT2D eigenvalue weighted by atomic mass is 16.3. The minimum absolute atomic E-state index is 0.0923. The van der Waals surface area contributed by atoms with E-state index in [4.69, 9.17) is 10.2 Å². The standard InChI is InChI=1S/C15H21NO2/c1-3-6-11(9-16)15(17)14-10(2)18-13-8-5-4-7-12(13)14/h4-5,7-8,11,15,17H,3,6,9,16H2,1-2H3. The van der Waals surface area contributed by atoms with Crippen LogP contribution in [0.3, 0.4) is 0 Å². The third-order valence-electron chi connectivity index (χ3n) is 3.52. The van der Waals surface area contributed by atoms with Crippen LogP contribution >= 0.6 is 0 Å². The lowest BCUT2D eigenvalue weighted by Gasteiger charge is -2.20. The molecule has 0 amide bonds. The van der Waals surface area contributed by atoms with Crippen LogP contribution in [-0.4, -0.2) is 11.7 Å². The predicted octanol–water partition coefficient (Wildman–Crippen LogP) is 3.15. The number of aliphatic hydroxyl groups excluding tert-OH is 1. The molecule has 0 aliphatic heterocycles. The quantitative estimate of drug-likeness (QED) is 0.853. The fraction of sp³-hybridized carbons (Fsp3) is 0.467. The summed E-state index contributed by atoms with van der Waals surface area (Å²) < 4.78 is 5.69. The van der Waals surface area contributed by atoms with E-state index >= 15 is 0 Å². The molecule has 3 nitrogen and oxygen atoms in total. The van der Waals surface area contributed by atoms with Gasteiger partial charge in [0.15, 0.2) is 0 Å². The molecule has 18 heavy (non-hydrogen) atoms. The summed E-state index contributed by atoms with van der Waals surface area (Å²) in [6, 6.07) is 7.82. The highest BCUT2D eigenvalue weighted by molar-refractivity contribution is 5.82. The Kier molecular flexibility index (Phi) is 4.04. The normalized spacial score (nSPS) is 14.9. The number of rotatable bonds is 5. The maximum Gasteiger partial charge on any atom is 0.134 e. The third-order valence-corrected chi connectivity index (χ3v) is 3.52. The van der Waals surface area contributed by atoms with Crippen LogP contribution in [0, 0.1) is 12.8 Å². The molecule has 0 aliphatic carbocycles. The van der Waals surface area contributed by atoms with Crippen molar-refractivity contribution in [1.29, 1.82) is 0 Å². The largest absolute Gasteiger partial charge is 0.461 e. The zero-order valence-electron chi connectivity index (χ0n) is 11.0. The number of aliphatic hydroxyl groups is 1. The van der Waals surface area contributed by atoms with Gasteiger partial charge in [-0.05, 0) is 26.0 Å². The minimum atomic E-state index is -0.543. The molecule has 2 aromatic rings. The van der Waals surface area contributed by atoms with Crippen molar-refractivity contribution in [2.75, 3.05) is 6.54 Å². The summed E-state index contributed by atoms with van der Waals surface area (Å²) in [5, 5.41) is 11.5. The molecule has 1 heterocycles. The van der Waals surface area contributed by atoms with Gasteiger partial charge in [0.1, 0.15) is 11.3 Å². The molecule has 2 rings (SSSR count). The highest BCUT2D eigenvalue weighted by Crippen LogP contribution is 2.35. The average Bonchev–Trinajstić information content (AvgIpc) is 2.71. The summed E-state index contributed by atoms with van der Waals surface area (Å²) >= 11 is 0. The number of hydrogen-bond acceptors (Lipinski definition) is 3. The van der Waals surface area contributed by atoms with E-state index in [9.17, 15) is 5.11 Å². The molecule has 2 atom stereocenters. The van der Waals surface area contributed by atoms with Crippen molar-refractivity contribution in [3.05, 3.63) is 35.6 Å². The second-order valence-electron chi connectivity index (χ2n) is 4.80. The van der Waals surface area contributed by atoms with Gasteiger partial charge in [0.2, 0.25) is 0 Å². The van der Waals surface area contributed by atoms with Crippen molar-refractivity contribution in [2.24, 2.45) is 11.7 Å². The fourth-order valence-corrected chi connectivity index (χ4v) is 2.57. The monoisotopic (exact) mass is 247 g/mol. The molecule has 0 aliphatic rings. The zero-order chi connectivity index (χ0) is 13.1. The second kappa shape index (κ2) is 5.55. The van der Waals surface area contributed by atoms with Gasteiger partial charge in [-0.15, -0.1) is 0 Å². The summed E-state index contributed by atoms with van der Waals surface area (Å²) in [5.74, 6) is 0.882. The van der Waals surface area contributed by atoms with E-state index in [1.54, 1.807) is 0 Å². The summed E-state index contributed by atoms with van der Waals surface area (Å²) in [6.45, 7) is 4.50. The van der Waals surface area contributed by atoms with E-state index in [-0.39, 0.29) is 5.92 Å².